The number of halogens is 1. The highest BCUT2D eigenvalue weighted by Gasteiger charge is 2.24. The van der Waals surface area contributed by atoms with Crippen LogP contribution in [0.5, 0.6) is 11.5 Å². The Labute approximate surface area is 230 Å². The minimum atomic E-state index is -0.542. The van der Waals surface area contributed by atoms with Crippen LogP contribution < -0.4 is 15.0 Å². The number of nitro groups is 1. The van der Waals surface area contributed by atoms with Crippen LogP contribution in [0.2, 0.25) is 0 Å². The molecule has 3 aromatic carbocycles. The van der Waals surface area contributed by atoms with Crippen molar-refractivity contribution in [3.05, 3.63) is 91.2 Å². The smallest absolute Gasteiger partial charge is 0.315 e. The first-order valence-corrected chi connectivity index (χ1v) is 12.9. The van der Waals surface area contributed by atoms with Gasteiger partial charge in [0, 0.05) is 21.5 Å². The molecule has 0 spiro atoms. The molecular formula is C28H23BrN4O6. The van der Waals surface area contributed by atoms with Gasteiger partial charge in [-0.1, -0.05) is 35.0 Å². The Hall–Kier alpha value is -4.51. The second kappa shape index (κ2) is 10.7. The van der Waals surface area contributed by atoms with Gasteiger partial charge in [-0.2, -0.15) is 9.78 Å². The lowest BCUT2D eigenvalue weighted by Gasteiger charge is -2.16. The number of para-hydroxylation sites is 1. The summed E-state index contributed by atoms with van der Waals surface area (Å²) in [6, 6.07) is 17.1. The van der Waals surface area contributed by atoms with E-state index >= 15 is 0 Å². The summed E-state index contributed by atoms with van der Waals surface area (Å²) in [4.78, 5) is 29.5. The normalized spacial score (nSPS) is 12.3. The molecule has 0 aliphatic heterocycles. The number of furan rings is 1. The zero-order chi connectivity index (χ0) is 27.7. The van der Waals surface area contributed by atoms with Crippen molar-refractivity contribution in [2.45, 2.75) is 26.4 Å². The molecule has 0 N–H and O–H groups in total. The molecule has 1 atom stereocenters. The molecule has 0 aliphatic rings. The van der Waals surface area contributed by atoms with Crippen LogP contribution in [0.1, 0.15) is 25.8 Å². The van der Waals surface area contributed by atoms with E-state index in [0.717, 1.165) is 14.5 Å². The van der Waals surface area contributed by atoms with Gasteiger partial charge in [-0.25, -0.2) is 4.98 Å². The molecule has 0 unspecified atom stereocenters. The van der Waals surface area contributed by atoms with Gasteiger partial charge in [-0.15, -0.1) is 0 Å². The maximum absolute atomic E-state index is 13.5. The molecule has 0 bridgehead atoms. The Morgan fingerprint density at radius 3 is 2.74 bits per heavy atom. The fourth-order valence-electron chi connectivity index (χ4n) is 4.01. The van der Waals surface area contributed by atoms with Gasteiger partial charge in [-0.05, 0) is 55.8 Å². The van der Waals surface area contributed by atoms with Crippen molar-refractivity contribution in [1.82, 2.24) is 9.66 Å². The number of benzene rings is 3. The van der Waals surface area contributed by atoms with Crippen molar-refractivity contribution in [2.24, 2.45) is 5.10 Å². The summed E-state index contributed by atoms with van der Waals surface area (Å²) in [6.07, 6.45) is 1.73. The summed E-state index contributed by atoms with van der Waals surface area (Å²) < 4.78 is 19.2. The predicted octanol–water partition coefficient (Wildman–Crippen LogP) is 6.55. The molecule has 2 heterocycles. The van der Waals surface area contributed by atoms with Crippen molar-refractivity contribution >= 4 is 49.7 Å². The molecule has 0 radical (unpaired) electrons. The van der Waals surface area contributed by atoms with E-state index in [1.165, 1.54) is 19.4 Å². The number of ether oxygens (including phenoxy) is 2. The molecule has 39 heavy (non-hydrogen) atoms. The van der Waals surface area contributed by atoms with Crippen LogP contribution in [0.4, 0.5) is 5.69 Å². The van der Waals surface area contributed by atoms with E-state index in [4.69, 9.17) is 13.9 Å². The van der Waals surface area contributed by atoms with Crippen LogP contribution in [-0.2, 0) is 0 Å². The zero-order valence-corrected chi connectivity index (χ0v) is 22.8. The molecule has 0 amide bonds. The van der Waals surface area contributed by atoms with E-state index in [9.17, 15) is 14.9 Å². The quantitative estimate of drug-likeness (QED) is 0.114. The summed E-state index contributed by atoms with van der Waals surface area (Å²) in [7, 11) is 1.40. The van der Waals surface area contributed by atoms with Crippen LogP contribution in [0.3, 0.4) is 0 Å². The number of hydrogen-bond acceptors (Lipinski definition) is 8. The van der Waals surface area contributed by atoms with Gasteiger partial charge in [0.15, 0.2) is 11.5 Å². The van der Waals surface area contributed by atoms with E-state index in [2.05, 4.69) is 26.0 Å². The van der Waals surface area contributed by atoms with Crippen molar-refractivity contribution in [1.29, 1.82) is 0 Å². The lowest BCUT2D eigenvalue weighted by atomic mass is 10.1. The van der Waals surface area contributed by atoms with Crippen LogP contribution >= 0.6 is 15.9 Å². The summed E-state index contributed by atoms with van der Waals surface area (Å²) in [5, 5.41) is 17.5. The third-order valence-electron chi connectivity index (χ3n) is 6.14. The second-order valence-corrected chi connectivity index (χ2v) is 9.69. The first-order valence-electron chi connectivity index (χ1n) is 12.1. The monoisotopic (exact) mass is 590 g/mol. The van der Waals surface area contributed by atoms with E-state index in [1.54, 1.807) is 36.4 Å². The zero-order valence-electron chi connectivity index (χ0n) is 21.3. The van der Waals surface area contributed by atoms with Crippen LogP contribution in [0.25, 0.3) is 33.5 Å². The number of nitro benzene ring substituents is 1. The standard InChI is InChI=1S/C28H23BrN4O6/c1-4-16(2)38-26-22(33(35)36)11-17(12-24(26)37-3)15-30-32-27(31-21-8-6-5-7-20(21)28(32)34)25-14-18-13-19(29)9-10-23(18)39-25/h5-16H,4H2,1-3H3/t16-/m0/s1. The first kappa shape index (κ1) is 26.1. The van der Waals surface area contributed by atoms with Crippen molar-refractivity contribution < 1.29 is 18.8 Å². The van der Waals surface area contributed by atoms with E-state index < -0.39 is 10.5 Å². The molecule has 10 nitrogen and oxygen atoms in total. The number of aromatic nitrogens is 2. The maximum Gasteiger partial charge on any atom is 0.315 e. The Kier molecular flexibility index (Phi) is 7.16. The van der Waals surface area contributed by atoms with Crippen LogP contribution in [-0.4, -0.2) is 34.0 Å². The lowest BCUT2D eigenvalue weighted by molar-refractivity contribution is -0.386. The lowest BCUT2D eigenvalue weighted by Crippen LogP contribution is -2.20. The average Bonchev–Trinajstić information content (AvgIpc) is 3.35. The summed E-state index contributed by atoms with van der Waals surface area (Å²) in [5.41, 5.74) is 0.724. The largest absolute Gasteiger partial charge is 0.493 e. The third-order valence-corrected chi connectivity index (χ3v) is 6.64. The van der Waals surface area contributed by atoms with E-state index in [1.807, 2.05) is 32.0 Å². The number of methoxy groups -OCH3 is 1. The van der Waals surface area contributed by atoms with Crippen LogP contribution in [0, 0.1) is 10.1 Å². The number of rotatable bonds is 8. The highest BCUT2D eigenvalue weighted by Crippen LogP contribution is 2.39. The van der Waals surface area contributed by atoms with Gasteiger partial charge in [0.25, 0.3) is 5.56 Å². The minimum Gasteiger partial charge on any atom is -0.493 e. The van der Waals surface area contributed by atoms with Gasteiger partial charge in [0.1, 0.15) is 5.58 Å². The average molecular weight is 591 g/mol. The molecule has 0 fully saturated rings. The van der Waals surface area contributed by atoms with E-state index in [-0.39, 0.29) is 29.1 Å². The maximum atomic E-state index is 13.5. The summed E-state index contributed by atoms with van der Waals surface area (Å²) >= 11 is 3.45. The molecule has 0 saturated heterocycles. The molecule has 5 aromatic rings. The van der Waals surface area contributed by atoms with Gasteiger partial charge in [0.2, 0.25) is 11.6 Å². The van der Waals surface area contributed by atoms with Crippen molar-refractivity contribution in [3.63, 3.8) is 0 Å². The third kappa shape index (κ3) is 5.13. The Balaban J connectivity index is 1.67. The Morgan fingerprint density at radius 2 is 2.00 bits per heavy atom. The first-order chi connectivity index (χ1) is 18.8. The Morgan fingerprint density at radius 1 is 1.21 bits per heavy atom. The molecule has 198 valence electrons. The molecule has 0 aliphatic carbocycles. The number of hydrogen-bond donors (Lipinski definition) is 0. The van der Waals surface area contributed by atoms with Gasteiger partial charge in [0.05, 0.1) is 35.3 Å². The van der Waals surface area contributed by atoms with Crippen molar-refractivity contribution in [3.8, 4) is 23.1 Å². The Bertz CT molecular complexity index is 1810. The summed E-state index contributed by atoms with van der Waals surface area (Å²) in [5.74, 6) is 0.732. The molecule has 11 heteroatoms. The number of nitrogens with zero attached hydrogens (tertiary/aromatic N) is 4. The van der Waals surface area contributed by atoms with Crippen LogP contribution in [0.15, 0.2) is 79.4 Å². The fraction of sp³-hybridized carbons (Fsp3) is 0.179. The minimum absolute atomic E-state index is 0.0349. The van der Waals surface area contributed by atoms with E-state index in [0.29, 0.717) is 34.2 Å². The fourth-order valence-corrected chi connectivity index (χ4v) is 4.39. The predicted molar refractivity (Wildman–Crippen MR) is 152 cm³/mol. The molecule has 5 rings (SSSR count). The summed E-state index contributed by atoms with van der Waals surface area (Å²) in [6.45, 7) is 3.73. The van der Waals surface area contributed by atoms with Crippen molar-refractivity contribution in [2.75, 3.05) is 7.11 Å². The molecule has 2 aromatic heterocycles. The highest BCUT2D eigenvalue weighted by atomic mass is 79.9. The van der Waals surface area contributed by atoms with Gasteiger partial charge in [-0.3, -0.25) is 14.9 Å². The highest BCUT2D eigenvalue weighted by molar-refractivity contribution is 9.10. The number of fused-ring (bicyclic) bond motifs is 2. The molecular weight excluding hydrogens is 568 g/mol. The topological polar surface area (TPSA) is 122 Å². The van der Waals surface area contributed by atoms with Gasteiger partial charge >= 0.3 is 5.69 Å². The molecule has 0 saturated carbocycles. The van der Waals surface area contributed by atoms with Gasteiger partial charge < -0.3 is 13.9 Å². The second-order valence-electron chi connectivity index (χ2n) is 8.77. The SMILES string of the molecule is CC[C@H](C)Oc1c(OC)cc(C=Nn2c(-c3cc4cc(Br)ccc4o3)nc3ccccc3c2=O)cc1[N+](=O)[O-].